The standard InChI is InChI=1S/C21H18N6OS/c1-2-13-7-9-14(10-8-13)19-25-21(27-26-19)29-12-18(28)15(11-22)20-23-16-5-3-4-6-17(16)24-20/h3-10,28H,2,12H2,1H3,(H,23,24)(H,25,26,27)/b18-15-. The van der Waals surface area contributed by atoms with Gasteiger partial charge in [-0.3, -0.25) is 5.10 Å². The third-order valence-electron chi connectivity index (χ3n) is 4.47. The molecule has 0 radical (unpaired) electrons. The number of imidazole rings is 1. The lowest BCUT2D eigenvalue weighted by molar-refractivity contribution is 0.420. The number of rotatable bonds is 6. The topological polar surface area (TPSA) is 114 Å². The molecule has 29 heavy (non-hydrogen) atoms. The first-order chi connectivity index (χ1) is 14.2. The van der Waals surface area contributed by atoms with Gasteiger partial charge in [0.25, 0.3) is 0 Å². The predicted octanol–water partition coefficient (Wildman–Crippen LogP) is 4.50. The van der Waals surface area contributed by atoms with Crippen molar-refractivity contribution in [3.8, 4) is 17.5 Å². The quantitative estimate of drug-likeness (QED) is 0.249. The number of nitriles is 1. The van der Waals surface area contributed by atoms with Crippen molar-refractivity contribution < 1.29 is 5.11 Å². The van der Waals surface area contributed by atoms with Crippen LogP contribution in [0.1, 0.15) is 18.3 Å². The first-order valence-corrected chi connectivity index (χ1v) is 10.1. The Morgan fingerprint density at radius 2 is 1.93 bits per heavy atom. The molecule has 0 unspecified atom stereocenters. The molecule has 0 saturated carbocycles. The van der Waals surface area contributed by atoms with E-state index >= 15 is 0 Å². The van der Waals surface area contributed by atoms with Crippen LogP contribution in [0.4, 0.5) is 0 Å². The van der Waals surface area contributed by atoms with E-state index in [0.717, 1.165) is 23.0 Å². The third kappa shape index (κ3) is 4.00. The molecular weight excluding hydrogens is 384 g/mol. The summed E-state index contributed by atoms with van der Waals surface area (Å²) in [4.78, 5) is 11.9. The van der Waals surface area contributed by atoms with Crippen LogP contribution in [-0.2, 0) is 6.42 Å². The molecule has 3 N–H and O–H groups in total. The van der Waals surface area contributed by atoms with Gasteiger partial charge in [0.2, 0.25) is 5.16 Å². The highest BCUT2D eigenvalue weighted by atomic mass is 32.2. The number of fused-ring (bicyclic) bond motifs is 1. The van der Waals surface area contributed by atoms with E-state index in [1.165, 1.54) is 17.3 Å². The van der Waals surface area contributed by atoms with Crippen LogP contribution in [0.5, 0.6) is 0 Å². The van der Waals surface area contributed by atoms with E-state index < -0.39 is 0 Å². The second-order valence-electron chi connectivity index (χ2n) is 6.34. The van der Waals surface area contributed by atoms with Gasteiger partial charge in [-0.05, 0) is 24.1 Å². The molecule has 8 heteroatoms. The molecule has 0 saturated heterocycles. The third-order valence-corrected chi connectivity index (χ3v) is 5.32. The first-order valence-electron chi connectivity index (χ1n) is 9.09. The van der Waals surface area contributed by atoms with Gasteiger partial charge in [0.1, 0.15) is 17.4 Å². The molecule has 0 fully saturated rings. The van der Waals surface area contributed by atoms with Crippen molar-refractivity contribution in [1.29, 1.82) is 5.26 Å². The summed E-state index contributed by atoms with van der Waals surface area (Å²) in [5.74, 6) is 1.09. The molecular formula is C21H18N6OS. The van der Waals surface area contributed by atoms with Crippen molar-refractivity contribution in [1.82, 2.24) is 25.1 Å². The van der Waals surface area contributed by atoms with E-state index in [1.807, 2.05) is 42.5 Å². The molecule has 0 aliphatic heterocycles. The number of allylic oxidation sites excluding steroid dienone is 1. The number of aryl methyl sites for hydroxylation is 1. The van der Waals surface area contributed by atoms with Gasteiger partial charge < -0.3 is 10.1 Å². The second-order valence-corrected chi connectivity index (χ2v) is 7.28. The smallest absolute Gasteiger partial charge is 0.209 e. The molecule has 4 aromatic rings. The van der Waals surface area contributed by atoms with Crippen molar-refractivity contribution in [3.05, 3.63) is 65.7 Å². The fraction of sp³-hybridized carbons (Fsp3) is 0.143. The fourth-order valence-electron chi connectivity index (χ4n) is 2.87. The molecule has 0 aliphatic carbocycles. The molecule has 2 aromatic heterocycles. The molecule has 0 atom stereocenters. The summed E-state index contributed by atoms with van der Waals surface area (Å²) in [5.41, 5.74) is 3.86. The van der Waals surface area contributed by atoms with Crippen LogP contribution >= 0.6 is 11.8 Å². The van der Waals surface area contributed by atoms with E-state index in [1.54, 1.807) is 0 Å². The zero-order valence-electron chi connectivity index (χ0n) is 15.7. The van der Waals surface area contributed by atoms with E-state index in [4.69, 9.17) is 0 Å². The number of hydrogen-bond donors (Lipinski definition) is 3. The summed E-state index contributed by atoms with van der Waals surface area (Å²) in [7, 11) is 0. The summed E-state index contributed by atoms with van der Waals surface area (Å²) in [6.45, 7) is 2.11. The normalized spacial score (nSPS) is 12.0. The Bertz CT molecular complexity index is 1180. The number of aliphatic hydroxyl groups is 1. The van der Waals surface area contributed by atoms with Crippen LogP contribution in [-0.4, -0.2) is 36.0 Å². The average molecular weight is 402 g/mol. The summed E-state index contributed by atoms with van der Waals surface area (Å²) in [6, 6.07) is 17.6. The highest BCUT2D eigenvalue weighted by Gasteiger charge is 2.15. The van der Waals surface area contributed by atoms with Crippen molar-refractivity contribution in [2.24, 2.45) is 0 Å². The van der Waals surface area contributed by atoms with Gasteiger partial charge in [0, 0.05) is 5.56 Å². The van der Waals surface area contributed by atoms with Gasteiger partial charge >= 0.3 is 0 Å². The molecule has 2 aromatic carbocycles. The Morgan fingerprint density at radius 1 is 1.14 bits per heavy atom. The Morgan fingerprint density at radius 3 is 2.66 bits per heavy atom. The number of aromatic amines is 2. The Labute approximate surface area is 171 Å². The SMILES string of the molecule is CCc1ccc(-c2nc(SC/C(O)=C(\C#N)c3nc4ccccc4[nH]3)n[nH]2)cc1. The monoisotopic (exact) mass is 402 g/mol. The van der Waals surface area contributed by atoms with Crippen LogP contribution in [0.15, 0.2) is 59.4 Å². The fourth-order valence-corrected chi connectivity index (χ4v) is 3.54. The summed E-state index contributed by atoms with van der Waals surface area (Å²) in [6.07, 6.45) is 0.982. The molecule has 0 spiro atoms. The zero-order chi connectivity index (χ0) is 20.2. The van der Waals surface area contributed by atoms with Crippen molar-refractivity contribution in [3.63, 3.8) is 0 Å². The highest BCUT2D eigenvalue weighted by Crippen LogP contribution is 2.24. The van der Waals surface area contributed by atoms with Crippen LogP contribution in [0.25, 0.3) is 28.0 Å². The average Bonchev–Trinajstić information content (AvgIpc) is 3.40. The summed E-state index contributed by atoms with van der Waals surface area (Å²) in [5, 5.41) is 27.5. The number of aromatic nitrogens is 5. The van der Waals surface area contributed by atoms with Crippen LogP contribution in [0, 0.1) is 11.3 Å². The Hall–Kier alpha value is -3.57. The number of thioether (sulfide) groups is 1. The minimum Gasteiger partial charge on any atom is -0.510 e. The summed E-state index contributed by atoms with van der Waals surface area (Å²) < 4.78 is 0. The lowest BCUT2D eigenvalue weighted by Crippen LogP contribution is -1.95. The van der Waals surface area contributed by atoms with Crippen LogP contribution in [0.3, 0.4) is 0 Å². The minimum absolute atomic E-state index is 0.0739. The van der Waals surface area contributed by atoms with Crippen molar-refractivity contribution in [2.75, 3.05) is 5.75 Å². The van der Waals surface area contributed by atoms with Gasteiger partial charge in [0.05, 0.1) is 16.8 Å². The minimum atomic E-state index is -0.0739. The lowest BCUT2D eigenvalue weighted by Gasteiger charge is -2.00. The number of hydrogen-bond acceptors (Lipinski definition) is 6. The maximum Gasteiger partial charge on any atom is 0.209 e. The van der Waals surface area contributed by atoms with Crippen LogP contribution < -0.4 is 0 Å². The maximum atomic E-state index is 10.4. The molecule has 4 rings (SSSR count). The number of nitrogens with zero attached hydrogens (tertiary/aromatic N) is 4. The lowest BCUT2D eigenvalue weighted by atomic mass is 10.1. The Kier molecular flexibility index (Phi) is 5.31. The van der Waals surface area contributed by atoms with Crippen molar-refractivity contribution in [2.45, 2.75) is 18.5 Å². The maximum absolute atomic E-state index is 10.4. The number of benzene rings is 2. The second kappa shape index (κ2) is 8.20. The molecule has 0 aliphatic rings. The van der Waals surface area contributed by atoms with E-state index in [0.29, 0.717) is 16.8 Å². The number of nitrogens with one attached hydrogen (secondary N) is 2. The van der Waals surface area contributed by atoms with Gasteiger partial charge in [-0.15, -0.1) is 5.10 Å². The zero-order valence-corrected chi connectivity index (χ0v) is 16.5. The Balaban J connectivity index is 1.50. The van der Waals surface area contributed by atoms with Gasteiger partial charge in [-0.25, -0.2) is 9.97 Å². The molecule has 7 nitrogen and oxygen atoms in total. The number of H-pyrrole nitrogens is 2. The number of aliphatic hydroxyl groups excluding tert-OH is 1. The number of para-hydroxylation sites is 2. The van der Waals surface area contributed by atoms with E-state index in [-0.39, 0.29) is 17.1 Å². The van der Waals surface area contributed by atoms with Crippen molar-refractivity contribution >= 4 is 28.4 Å². The summed E-state index contributed by atoms with van der Waals surface area (Å²) >= 11 is 1.24. The van der Waals surface area contributed by atoms with E-state index in [2.05, 4.69) is 44.2 Å². The molecule has 0 amide bonds. The highest BCUT2D eigenvalue weighted by molar-refractivity contribution is 7.99. The van der Waals surface area contributed by atoms with Gasteiger partial charge in [0.15, 0.2) is 11.6 Å². The molecule has 0 bridgehead atoms. The largest absolute Gasteiger partial charge is 0.510 e. The van der Waals surface area contributed by atoms with E-state index in [9.17, 15) is 10.4 Å². The molecule has 2 heterocycles. The van der Waals surface area contributed by atoms with Gasteiger partial charge in [-0.1, -0.05) is 55.1 Å². The van der Waals surface area contributed by atoms with Gasteiger partial charge in [-0.2, -0.15) is 5.26 Å². The first kappa shape index (κ1) is 18.8. The van der Waals surface area contributed by atoms with Crippen LogP contribution in [0.2, 0.25) is 0 Å². The predicted molar refractivity (Wildman–Crippen MR) is 113 cm³/mol. The molecule has 144 valence electrons.